The molecule has 0 bridgehead atoms. The van der Waals surface area contributed by atoms with Crippen molar-refractivity contribution < 1.29 is 18.9 Å². The van der Waals surface area contributed by atoms with Gasteiger partial charge in [-0.15, -0.1) is 0 Å². The van der Waals surface area contributed by atoms with Crippen LogP contribution in [0.3, 0.4) is 0 Å². The van der Waals surface area contributed by atoms with E-state index in [1.807, 2.05) is 18.2 Å². The van der Waals surface area contributed by atoms with Gasteiger partial charge in [-0.05, 0) is 35.2 Å². The first-order valence-corrected chi connectivity index (χ1v) is 11.5. The van der Waals surface area contributed by atoms with Crippen molar-refractivity contribution in [1.29, 1.82) is 5.26 Å². The number of nitrogens with zero attached hydrogens (tertiary/aromatic N) is 3. The lowest BCUT2D eigenvalue weighted by atomic mass is 9.87. The smallest absolute Gasteiger partial charge is 0.268 e. The van der Waals surface area contributed by atoms with Crippen LogP contribution in [0, 0.1) is 11.3 Å². The monoisotopic (exact) mass is 474 g/mol. The van der Waals surface area contributed by atoms with Gasteiger partial charge in [0.25, 0.3) is 11.8 Å². The summed E-state index contributed by atoms with van der Waals surface area (Å²) in [4.78, 5) is 32.0. The fourth-order valence-corrected chi connectivity index (χ4v) is 4.53. The molecule has 34 heavy (non-hydrogen) atoms. The second-order valence-corrected chi connectivity index (χ2v) is 9.91. The SMILES string of the molecule is COc1cncc(N2C(=O)c3c(C#N)ccc(N[S+]([O-])c4ccc(C(C)(C)C)cc4)c3C2=O)c1. The van der Waals surface area contributed by atoms with E-state index in [2.05, 4.69) is 30.5 Å². The van der Waals surface area contributed by atoms with E-state index in [0.29, 0.717) is 10.6 Å². The number of fused-ring (bicyclic) bond motifs is 1. The van der Waals surface area contributed by atoms with E-state index in [9.17, 15) is 19.4 Å². The summed E-state index contributed by atoms with van der Waals surface area (Å²) in [5, 5.41) is 9.54. The summed E-state index contributed by atoms with van der Waals surface area (Å²) in [7, 11) is 1.45. The van der Waals surface area contributed by atoms with Crippen LogP contribution in [0.5, 0.6) is 5.75 Å². The van der Waals surface area contributed by atoms with E-state index in [0.717, 1.165) is 10.5 Å². The molecule has 0 radical (unpaired) electrons. The number of carbonyl (C=O) groups excluding carboxylic acids is 2. The van der Waals surface area contributed by atoms with Crippen LogP contribution in [-0.2, 0) is 16.8 Å². The van der Waals surface area contributed by atoms with Crippen molar-refractivity contribution in [3.05, 3.63) is 77.1 Å². The standard InChI is InChI=1S/C25H22N4O4S/c1-25(2,3)16-6-8-19(9-7-16)34(32)28-20-10-5-15(12-26)21-22(20)24(31)29(23(21)30)17-11-18(33-4)14-27-13-17/h5-11,13-14,28H,1-4H3. The first-order valence-electron chi connectivity index (χ1n) is 10.4. The highest BCUT2D eigenvalue weighted by Crippen LogP contribution is 2.36. The summed E-state index contributed by atoms with van der Waals surface area (Å²) >= 11 is -1.70. The maximum atomic E-state index is 13.4. The number of ether oxygens (including phenoxy) is 1. The number of hydrogen-bond donors (Lipinski definition) is 1. The third-order valence-corrected chi connectivity index (χ3v) is 6.60. The number of benzene rings is 2. The molecule has 4 rings (SSSR count). The van der Waals surface area contributed by atoms with E-state index in [1.165, 1.54) is 37.7 Å². The number of methoxy groups -OCH3 is 1. The maximum Gasteiger partial charge on any atom is 0.268 e. The highest BCUT2D eigenvalue weighted by atomic mass is 32.2. The fraction of sp³-hybridized carbons (Fsp3) is 0.200. The van der Waals surface area contributed by atoms with Crippen molar-refractivity contribution in [1.82, 2.24) is 4.98 Å². The molecule has 1 aliphatic heterocycles. The second kappa shape index (κ2) is 8.82. The highest BCUT2D eigenvalue weighted by Gasteiger charge is 2.42. The van der Waals surface area contributed by atoms with Crippen LogP contribution >= 0.6 is 0 Å². The molecular formula is C25H22N4O4S. The molecule has 0 saturated heterocycles. The lowest BCUT2D eigenvalue weighted by Crippen LogP contribution is -2.29. The molecule has 1 unspecified atom stereocenters. The molecule has 172 valence electrons. The third-order valence-electron chi connectivity index (χ3n) is 5.49. The molecule has 0 fully saturated rings. The Morgan fingerprint density at radius 1 is 1.06 bits per heavy atom. The van der Waals surface area contributed by atoms with Gasteiger partial charge in [0, 0.05) is 6.07 Å². The van der Waals surface area contributed by atoms with Crippen molar-refractivity contribution in [2.24, 2.45) is 0 Å². The Hall–Kier alpha value is -3.87. The van der Waals surface area contributed by atoms with Gasteiger partial charge in [0.1, 0.15) is 17.1 Å². The summed E-state index contributed by atoms with van der Waals surface area (Å²) in [6.07, 6.45) is 2.81. The van der Waals surface area contributed by atoms with E-state index in [4.69, 9.17) is 4.74 Å². The molecule has 2 amide bonds. The molecule has 1 N–H and O–H groups in total. The van der Waals surface area contributed by atoms with Gasteiger partial charge in [0.2, 0.25) is 0 Å². The lowest BCUT2D eigenvalue weighted by Gasteiger charge is -2.19. The van der Waals surface area contributed by atoms with Crippen LogP contribution in [0.1, 0.15) is 52.6 Å². The second-order valence-electron chi connectivity index (χ2n) is 8.70. The van der Waals surface area contributed by atoms with Gasteiger partial charge in [0.15, 0.2) is 4.90 Å². The number of amides is 2. The first kappa shape index (κ1) is 23.3. The van der Waals surface area contributed by atoms with Crippen molar-refractivity contribution >= 4 is 34.6 Å². The van der Waals surface area contributed by atoms with E-state index in [1.54, 1.807) is 12.1 Å². The number of imide groups is 1. The number of hydrogen-bond acceptors (Lipinski definition) is 7. The largest absolute Gasteiger partial charge is 0.588 e. The average Bonchev–Trinajstić information content (AvgIpc) is 3.09. The quantitative estimate of drug-likeness (QED) is 0.435. The van der Waals surface area contributed by atoms with E-state index in [-0.39, 0.29) is 33.5 Å². The molecule has 1 atom stereocenters. The average molecular weight is 475 g/mol. The Labute approximate surface area is 200 Å². The van der Waals surface area contributed by atoms with Crippen molar-refractivity contribution in [3.63, 3.8) is 0 Å². The first-order chi connectivity index (χ1) is 16.2. The van der Waals surface area contributed by atoms with Crippen molar-refractivity contribution in [2.75, 3.05) is 16.7 Å². The molecule has 8 nitrogen and oxygen atoms in total. The van der Waals surface area contributed by atoms with Crippen molar-refractivity contribution in [3.8, 4) is 11.8 Å². The molecule has 0 saturated carbocycles. The molecule has 0 aliphatic carbocycles. The summed E-state index contributed by atoms with van der Waals surface area (Å²) in [5.41, 5.74) is 1.45. The van der Waals surface area contributed by atoms with Gasteiger partial charge >= 0.3 is 0 Å². The van der Waals surface area contributed by atoms with Crippen LogP contribution in [0.2, 0.25) is 0 Å². The Kier molecular flexibility index (Phi) is 6.04. The molecule has 9 heteroatoms. The van der Waals surface area contributed by atoms with E-state index >= 15 is 0 Å². The summed E-state index contributed by atoms with van der Waals surface area (Å²) in [5.74, 6) is -0.932. The van der Waals surface area contributed by atoms with Gasteiger partial charge in [0.05, 0.1) is 53.6 Å². The van der Waals surface area contributed by atoms with Gasteiger partial charge in [-0.3, -0.25) is 14.6 Å². The number of anilines is 2. The van der Waals surface area contributed by atoms with Crippen LogP contribution in [-0.4, -0.2) is 28.5 Å². The molecule has 0 spiro atoms. The Balaban J connectivity index is 1.71. The zero-order valence-corrected chi connectivity index (χ0v) is 19.9. The topological polar surface area (TPSA) is 118 Å². The van der Waals surface area contributed by atoms with Gasteiger partial charge in [-0.25, -0.2) is 9.62 Å². The minimum Gasteiger partial charge on any atom is -0.588 e. The van der Waals surface area contributed by atoms with Crippen LogP contribution in [0.25, 0.3) is 0 Å². The molecule has 1 aliphatic rings. The Bertz CT molecular complexity index is 1330. The maximum absolute atomic E-state index is 13.4. The summed E-state index contributed by atoms with van der Waals surface area (Å²) in [6, 6.07) is 13.7. The molecule has 2 heterocycles. The molecular weight excluding hydrogens is 452 g/mol. The summed E-state index contributed by atoms with van der Waals surface area (Å²) in [6.45, 7) is 6.26. The Morgan fingerprint density at radius 3 is 2.35 bits per heavy atom. The number of rotatable bonds is 5. The minimum absolute atomic E-state index is 0.00784. The molecule has 3 aromatic rings. The number of nitriles is 1. The predicted molar refractivity (Wildman–Crippen MR) is 128 cm³/mol. The number of pyridine rings is 1. The summed E-state index contributed by atoms with van der Waals surface area (Å²) < 4.78 is 21.0. The van der Waals surface area contributed by atoms with Crippen LogP contribution < -0.4 is 14.4 Å². The number of carbonyl (C=O) groups is 2. The fourth-order valence-electron chi connectivity index (χ4n) is 3.65. The molecule has 1 aromatic heterocycles. The zero-order chi connectivity index (χ0) is 24.6. The third kappa shape index (κ3) is 4.09. The Morgan fingerprint density at radius 2 is 1.74 bits per heavy atom. The molecule has 2 aromatic carbocycles. The lowest BCUT2D eigenvalue weighted by molar-refractivity contribution is 0.0926. The van der Waals surface area contributed by atoms with Gasteiger partial charge in [-0.2, -0.15) is 5.26 Å². The number of nitrogens with one attached hydrogen (secondary N) is 1. The van der Waals surface area contributed by atoms with Crippen LogP contribution in [0.4, 0.5) is 11.4 Å². The van der Waals surface area contributed by atoms with Gasteiger partial charge in [-0.1, -0.05) is 32.9 Å². The van der Waals surface area contributed by atoms with Crippen molar-refractivity contribution in [2.45, 2.75) is 31.1 Å². The van der Waals surface area contributed by atoms with Crippen LogP contribution in [0.15, 0.2) is 59.8 Å². The normalized spacial score (nSPS) is 13.9. The predicted octanol–water partition coefficient (Wildman–Crippen LogP) is 4.19. The zero-order valence-electron chi connectivity index (χ0n) is 19.1. The number of aromatic nitrogens is 1. The van der Waals surface area contributed by atoms with E-state index < -0.39 is 23.2 Å². The van der Waals surface area contributed by atoms with Gasteiger partial charge < -0.3 is 9.29 Å². The highest BCUT2D eigenvalue weighted by molar-refractivity contribution is 7.92. The minimum atomic E-state index is -1.70.